The van der Waals surface area contributed by atoms with E-state index in [0.29, 0.717) is 0 Å². The van der Waals surface area contributed by atoms with Crippen LogP contribution >= 0.6 is 0 Å². The average molecular weight is 213 g/mol. The van der Waals surface area contributed by atoms with Crippen molar-refractivity contribution >= 4 is 24.8 Å². The molecule has 0 aliphatic heterocycles. The van der Waals surface area contributed by atoms with Crippen molar-refractivity contribution in [2.24, 2.45) is 0 Å². The second-order valence-corrected chi connectivity index (χ2v) is 7.00. The van der Waals surface area contributed by atoms with Gasteiger partial charge in [0.15, 0.2) is 0 Å². The predicted molar refractivity (Wildman–Crippen MR) is 70.3 cm³/mol. The van der Waals surface area contributed by atoms with E-state index in [1.807, 2.05) is 0 Å². The summed E-state index contributed by atoms with van der Waals surface area (Å²) < 4.78 is 0. The van der Waals surface area contributed by atoms with Gasteiger partial charge in [0.2, 0.25) is 0 Å². The van der Waals surface area contributed by atoms with Gasteiger partial charge in [0.25, 0.3) is 0 Å². The third kappa shape index (κ3) is 1.98. The molecule has 0 heterocycles. The molecule has 2 aromatic rings. The van der Waals surface area contributed by atoms with Crippen molar-refractivity contribution in [3.63, 3.8) is 0 Å². The maximum atomic E-state index is 2.32. The monoisotopic (exact) mass is 213 g/mol. The van der Waals surface area contributed by atoms with Crippen LogP contribution in [-0.4, -0.2) is 8.80 Å². The predicted octanol–water partition coefficient (Wildman–Crippen LogP) is 3.58. The first-order chi connectivity index (χ1) is 7.36. The highest BCUT2D eigenvalue weighted by atomic mass is 28.3. The van der Waals surface area contributed by atoms with E-state index in [1.54, 1.807) is 5.19 Å². The lowest BCUT2D eigenvalue weighted by Crippen LogP contribution is -2.28. The number of rotatable bonds is 3. The first kappa shape index (κ1) is 10.4. The molecule has 0 N–H and O–H groups in total. The molecule has 1 heteroatoms. The van der Waals surface area contributed by atoms with Gasteiger partial charge in [0.05, 0.1) is 8.80 Å². The molecule has 0 saturated carbocycles. The molecular weight excluding hydrogens is 196 g/mol. The molecule has 0 atom stereocenters. The molecule has 1 radical (unpaired) electrons. The van der Waals surface area contributed by atoms with Crippen LogP contribution in [0.4, 0.5) is 0 Å². The quantitative estimate of drug-likeness (QED) is 0.684. The van der Waals surface area contributed by atoms with Crippen molar-refractivity contribution in [1.82, 2.24) is 0 Å². The molecule has 77 valence electrons. The van der Waals surface area contributed by atoms with Crippen LogP contribution in [0.5, 0.6) is 0 Å². The van der Waals surface area contributed by atoms with E-state index in [9.17, 15) is 0 Å². The number of hydrogen-bond acceptors (Lipinski definition) is 0. The van der Waals surface area contributed by atoms with E-state index in [4.69, 9.17) is 0 Å². The van der Waals surface area contributed by atoms with E-state index in [-0.39, 0.29) is 8.80 Å². The van der Waals surface area contributed by atoms with Gasteiger partial charge in [-0.05, 0) is 10.8 Å². The van der Waals surface area contributed by atoms with Gasteiger partial charge in [-0.3, -0.25) is 0 Å². The summed E-state index contributed by atoms with van der Waals surface area (Å²) in [6.07, 6.45) is 0. The smallest absolute Gasteiger partial charge is 0.0677 e. The van der Waals surface area contributed by atoms with Crippen molar-refractivity contribution < 1.29 is 0 Å². The molecule has 2 aromatic carbocycles. The Balaban J connectivity index is 2.59. The fraction of sp³-hybridized carbons (Fsp3) is 0.286. The van der Waals surface area contributed by atoms with E-state index >= 15 is 0 Å². The fourth-order valence-corrected chi connectivity index (χ4v) is 4.37. The van der Waals surface area contributed by atoms with Crippen molar-refractivity contribution in [2.75, 3.05) is 0 Å². The summed E-state index contributed by atoms with van der Waals surface area (Å²) in [7, 11) is -0.326. The van der Waals surface area contributed by atoms with Gasteiger partial charge >= 0.3 is 0 Å². The Morgan fingerprint density at radius 1 is 0.867 bits per heavy atom. The number of hydrogen-bond donors (Lipinski definition) is 0. The zero-order valence-corrected chi connectivity index (χ0v) is 10.5. The van der Waals surface area contributed by atoms with E-state index in [0.717, 1.165) is 0 Å². The minimum Gasteiger partial charge on any atom is -0.0677 e. The Hall–Kier alpha value is -1.08. The lowest BCUT2D eigenvalue weighted by molar-refractivity contribution is 1.33. The molecule has 0 bridgehead atoms. The highest BCUT2D eigenvalue weighted by Gasteiger charge is 2.11. The van der Waals surface area contributed by atoms with Gasteiger partial charge in [-0.1, -0.05) is 73.6 Å². The third-order valence-electron chi connectivity index (χ3n) is 3.02. The molecule has 15 heavy (non-hydrogen) atoms. The maximum Gasteiger partial charge on any atom is 0.0859 e. The summed E-state index contributed by atoms with van der Waals surface area (Å²) in [5.41, 5.74) is 0. The minimum atomic E-state index is -0.326. The number of benzene rings is 2. The molecular formula is C14H17Si. The molecule has 0 unspecified atom stereocenters. The summed E-state index contributed by atoms with van der Waals surface area (Å²) in [5.74, 6) is 0. The highest BCUT2D eigenvalue weighted by Crippen LogP contribution is 2.13. The van der Waals surface area contributed by atoms with Crippen molar-refractivity contribution in [1.29, 1.82) is 0 Å². The Morgan fingerprint density at radius 3 is 2.27 bits per heavy atom. The third-order valence-corrected chi connectivity index (χ3v) is 5.93. The Bertz CT molecular complexity index is 439. The van der Waals surface area contributed by atoms with Gasteiger partial charge in [-0.15, -0.1) is 0 Å². The molecule has 2 rings (SSSR count). The van der Waals surface area contributed by atoms with Crippen LogP contribution in [0, 0.1) is 0 Å². The average Bonchev–Trinajstić information content (AvgIpc) is 2.31. The standard InChI is InChI=1S/C14H17Si/c1-3-15(4-2)14-11-7-9-12-8-5-6-10-13(12)14/h5-11H,3-4H2,1-2H3. The molecule has 0 saturated heterocycles. The van der Waals surface area contributed by atoms with Crippen LogP contribution in [0.3, 0.4) is 0 Å². The molecule has 0 fully saturated rings. The van der Waals surface area contributed by atoms with Crippen molar-refractivity contribution in [3.05, 3.63) is 42.5 Å². The summed E-state index contributed by atoms with van der Waals surface area (Å²) in [5, 5.41) is 4.47. The number of fused-ring (bicyclic) bond motifs is 1. The van der Waals surface area contributed by atoms with Crippen LogP contribution in [0.15, 0.2) is 42.5 Å². The Morgan fingerprint density at radius 2 is 1.53 bits per heavy atom. The van der Waals surface area contributed by atoms with Crippen molar-refractivity contribution in [3.8, 4) is 0 Å². The second-order valence-electron chi connectivity index (χ2n) is 3.84. The van der Waals surface area contributed by atoms with Gasteiger partial charge in [-0.2, -0.15) is 0 Å². The topological polar surface area (TPSA) is 0 Å². The van der Waals surface area contributed by atoms with Gasteiger partial charge in [-0.25, -0.2) is 0 Å². The molecule has 0 spiro atoms. The van der Waals surface area contributed by atoms with Crippen LogP contribution in [-0.2, 0) is 0 Å². The van der Waals surface area contributed by atoms with Gasteiger partial charge in [0, 0.05) is 0 Å². The minimum absolute atomic E-state index is 0.326. The first-order valence-electron chi connectivity index (χ1n) is 5.69. The van der Waals surface area contributed by atoms with E-state index in [1.165, 1.54) is 22.9 Å². The Kier molecular flexibility index (Phi) is 3.22. The van der Waals surface area contributed by atoms with Gasteiger partial charge in [0.1, 0.15) is 0 Å². The molecule has 0 nitrogen and oxygen atoms in total. The van der Waals surface area contributed by atoms with E-state index < -0.39 is 0 Å². The first-order valence-corrected chi connectivity index (χ1v) is 7.61. The summed E-state index contributed by atoms with van der Waals surface area (Å²) in [6.45, 7) is 4.64. The lowest BCUT2D eigenvalue weighted by atomic mass is 10.1. The second kappa shape index (κ2) is 4.62. The summed E-state index contributed by atoms with van der Waals surface area (Å²) in [4.78, 5) is 0. The van der Waals surface area contributed by atoms with Crippen LogP contribution < -0.4 is 5.19 Å². The van der Waals surface area contributed by atoms with Crippen LogP contribution in [0.1, 0.15) is 13.8 Å². The zero-order chi connectivity index (χ0) is 10.7. The highest BCUT2D eigenvalue weighted by molar-refractivity contribution is 6.75. The molecule has 0 aliphatic rings. The van der Waals surface area contributed by atoms with Crippen molar-refractivity contribution in [2.45, 2.75) is 25.9 Å². The zero-order valence-electron chi connectivity index (χ0n) is 9.46. The summed E-state index contributed by atoms with van der Waals surface area (Å²) in [6, 6.07) is 18.1. The van der Waals surface area contributed by atoms with E-state index in [2.05, 4.69) is 56.3 Å². The maximum absolute atomic E-state index is 2.32. The Labute approximate surface area is 93.6 Å². The SMILES string of the molecule is CC[Si](CC)c1cccc2ccccc12. The van der Waals surface area contributed by atoms with Crippen LogP contribution in [0.25, 0.3) is 10.8 Å². The molecule has 0 aliphatic carbocycles. The van der Waals surface area contributed by atoms with Crippen LogP contribution in [0.2, 0.25) is 12.1 Å². The largest absolute Gasteiger partial charge is 0.0859 e. The summed E-state index contributed by atoms with van der Waals surface area (Å²) >= 11 is 0. The molecule has 0 aromatic heterocycles. The molecule has 0 amide bonds. The normalized spacial score (nSPS) is 11.1. The van der Waals surface area contributed by atoms with Gasteiger partial charge < -0.3 is 0 Å². The lowest BCUT2D eigenvalue weighted by Gasteiger charge is -2.13. The fourth-order valence-electron chi connectivity index (χ4n) is 2.16.